The van der Waals surface area contributed by atoms with E-state index in [1.54, 1.807) is 0 Å². The van der Waals surface area contributed by atoms with E-state index >= 15 is 0 Å². The van der Waals surface area contributed by atoms with Gasteiger partial charge in [0.15, 0.2) is 0 Å². The fourth-order valence-corrected chi connectivity index (χ4v) is 1.33. The largest absolute Gasteiger partial charge is 0.295 e. The second-order valence-corrected chi connectivity index (χ2v) is 3.07. The molecular formula is C10H17N. The first-order valence-corrected chi connectivity index (χ1v) is 4.40. The van der Waals surface area contributed by atoms with Gasteiger partial charge in [-0.2, -0.15) is 0 Å². The smallest absolute Gasteiger partial charge is 0.0234 e. The van der Waals surface area contributed by atoms with Crippen LogP contribution in [0.3, 0.4) is 0 Å². The molecule has 0 amide bonds. The molecule has 1 heteroatoms. The highest BCUT2D eigenvalue weighted by Gasteiger charge is 2.09. The number of hydrogen-bond acceptors (Lipinski definition) is 1. The Balaban J connectivity index is 2.19. The van der Waals surface area contributed by atoms with Crippen LogP contribution in [0.1, 0.15) is 19.8 Å². The predicted molar refractivity (Wildman–Crippen MR) is 49.6 cm³/mol. The van der Waals surface area contributed by atoms with Crippen molar-refractivity contribution in [2.24, 2.45) is 0 Å². The monoisotopic (exact) mass is 151 g/mol. The van der Waals surface area contributed by atoms with Gasteiger partial charge in [-0.25, -0.2) is 0 Å². The molecule has 0 unspecified atom stereocenters. The van der Waals surface area contributed by atoms with Gasteiger partial charge in [0.2, 0.25) is 0 Å². The molecule has 0 fully saturated rings. The first kappa shape index (κ1) is 8.54. The van der Waals surface area contributed by atoms with Crippen molar-refractivity contribution >= 4 is 0 Å². The van der Waals surface area contributed by atoms with Crippen molar-refractivity contribution in [1.82, 2.24) is 4.90 Å². The summed E-state index contributed by atoms with van der Waals surface area (Å²) in [7, 11) is 0. The normalized spacial score (nSPS) is 18.5. The van der Waals surface area contributed by atoms with Gasteiger partial charge in [0.1, 0.15) is 0 Å². The number of rotatable bonds is 4. The summed E-state index contributed by atoms with van der Waals surface area (Å²) < 4.78 is 0. The van der Waals surface area contributed by atoms with Crippen LogP contribution in [0.5, 0.6) is 0 Å². The lowest BCUT2D eigenvalue weighted by molar-refractivity contribution is 0.343. The second-order valence-electron chi connectivity index (χ2n) is 3.07. The molecule has 0 spiro atoms. The molecule has 1 heterocycles. The van der Waals surface area contributed by atoms with E-state index < -0.39 is 0 Å². The summed E-state index contributed by atoms with van der Waals surface area (Å²) in [6.45, 7) is 9.48. The van der Waals surface area contributed by atoms with Crippen LogP contribution in [-0.4, -0.2) is 24.5 Å². The SMILES string of the molecule is C=CC1=CCN(CCCC)C1. The third-order valence-corrected chi connectivity index (χ3v) is 2.11. The van der Waals surface area contributed by atoms with Crippen molar-refractivity contribution in [2.75, 3.05) is 19.6 Å². The third kappa shape index (κ3) is 2.51. The first-order chi connectivity index (χ1) is 5.36. The topological polar surface area (TPSA) is 3.24 Å². The highest BCUT2D eigenvalue weighted by molar-refractivity contribution is 5.22. The number of unbranched alkanes of at least 4 members (excludes halogenated alkanes) is 1. The highest BCUT2D eigenvalue weighted by atomic mass is 15.1. The molecule has 0 aromatic rings. The highest BCUT2D eigenvalue weighted by Crippen LogP contribution is 2.09. The minimum absolute atomic E-state index is 1.11. The van der Waals surface area contributed by atoms with Gasteiger partial charge in [0, 0.05) is 13.1 Å². The van der Waals surface area contributed by atoms with Crippen LogP contribution in [0.15, 0.2) is 24.3 Å². The predicted octanol–water partition coefficient (Wildman–Crippen LogP) is 2.21. The molecule has 0 bridgehead atoms. The molecule has 0 radical (unpaired) electrons. The Morgan fingerprint density at radius 1 is 1.73 bits per heavy atom. The molecule has 0 atom stereocenters. The maximum Gasteiger partial charge on any atom is 0.0234 e. The summed E-state index contributed by atoms with van der Waals surface area (Å²) in [5.74, 6) is 0. The Morgan fingerprint density at radius 2 is 2.55 bits per heavy atom. The van der Waals surface area contributed by atoms with E-state index in [2.05, 4.69) is 24.5 Å². The minimum atomic E-state index is 1.11. The van der Waals surface area contributed by atoms with Gasteiger partial charge in [0.25, 0.3) is 0 Å². The molecular weight excluding hydrogens is 134 g/mol. The Labute approximate surface area is 69.4 Å². The van der Waals surface area contributed by atoms with Gasteiger partial charge in [-0.05, 0) is 18.5 Å². The van der Waals surface area contributed by atoms with Gasteiger partial charge >= 0.3 is 0 Å². The molecule has 0 aromatic heterocycles. The molecule has 0 saturated heterocycles. The van der Waals surface area contributed by atoms with Crippen molar-refractivity contribution in [3.05, 3.63) is 24.3 Å². The van der Waals surface area contributed by atoms with Crippen molar-refractivity contribution in [3.63, 3.8) is 0 Å². The standard InChI is InChI=1S/C10H17N/c1-3-5-7-11-8-6-10(4-2)9-11/h4,6H,2-3,5,7-9H2,1H3. The van der Waals surface area contributed by atoms with Gasteiger partial charge in [-0.15, -0.1) is 0 Å². The van der Waals surface area contributed by atoms with Crippen LogP contribution in [-0.2, 0) is 0 Å². The molecule has 1 aliphatic rings. The fourth-order valence-electron chi connectivity index (χ4n) is 1.33. The first-order valence-electron chi connectivity index (χ1n) is 4.40. The summed E-state index contributed by atoms with van der Waals surface area (Å²) in [5, 5.41) is 0. The van der Waals surface area contributed by atoms with E-state index in [-0.39, 0.29) is 0 Å². The van der Waals surface area contributed by atoms with E-state index in [4.69, 9.17) is 0 Å². The molecule has 1 aliphatic heterocycles. The van der Waals surface area contributed by atoms with Crippen molar-refractivity contribution in [2.45, 2.75) is 19.8 Å². The van der Waals surface area contributed by atoms with Crippen LogP contribution >= 0.6 is 0 Å². The van der Waals surface area contributed by atoms with Crippen molar-refractivity contribution in [1.29, 1.82) is 0 Å². The molecule has 62 valence electrons. The van der Waals surface area contributed by atoms with Gasteiger partial charge in [-0.3, -0.25) is 4.90 Å². The zero-order valence-electron chi connectivity index (χ0n) is 7.34. The Hall–Kier alpha value is -0.560. The van der Waals surface area contributed by atoms with Crippen LogP contribution in [0, 0.1) is 0 Å². The Kier molecular flexibility index (Phi) is 3.37. The zero-order valence-corrected chi connectivity index (χ0v) is 7.34. The van der Waals surface area contributed by atoms with Crippen molar-refractivity contribution in [3.8, 4) is 0 Å². The average molecular weight is 151 g/mol. The fraction of sp³-hybridized carbons (Fsp3) is 0.600. The van der Waals surface area contributed by atoms with Crippen LogP contribution in [0.2, 0.25) is 0 Å². The lowest BCUT2D eigenvalue weighted by atomic mass is 10.3. The summed E-state index contributed by atoms with van der Waals surface area (Å²) in [6, 6.07) is 0. The van der Waals surface area contributed by atoms with Crippen LogP contribution < -0.4 is 0 Å². The van der Waals surface area contributed by atoms with E-state index in [0.717, 1.165) is 13.1 Å². The van der Waals surface area contributed by atoms with Crippen LogP contribution in [0.25, 0.3) is 0 Å². The maximum atomic E-state index is 3.76. The number of hydrogen-bond donors (Lipinski definition) is 0. The van der Waals surface area contributed by atoms with Crippen molar-refractivity contribution < 1.29 is 0 Å². The summed E-state index contributed by atoms with van der Waals surface area (Å²) >= 11 is 0. The van der Waals surface area contributed by atoms with E-state index in [0.29, 0.717) is 0 Å². The van der Waals surface area contributed by atoms with Gasteiger partial charge in [-0.1, -0.05) is 32.1 Å². The molecule has 0 N–H and O–H groups in total. The average Bonchev–Trinajstić information content (AvgIpc) is 2.48. The lowest BCUT2D eigenvalue weighted by Crippen LogP contribution is -2.21. The van der Waals surface area contributed by atoms with E-state index in [1.807, 2.05) is 6.08 Å². The Morgan fingerprint density at radius 3 is 3.09 bits per heavy atom. The molecule has 0 aliphatic carbocycles. The maximum absolute atomic E-state index is 3.76. The zero-order chi connectivity index (χ0) is 8.10. The van der Waals surface area contributed by atoms with Gasteiger partial charge < -0.3 is 0 Å². The summed E-state index contributed by atoms with van der Waals surface area (Å²) in [5.41, 5.74) is 1.39. The Bertz CT molecular complexity index is 158. The second kappa shape index (κ2) is 4.35. The third-order valence-electron chi connectivity index (χ3n) is 2.11. The molecule has 0 saturated carbocycles. The molecule has 1 nitrogen and oxygen atoms in total. The van der Waals surface area contributed by atoms with E-state index in [9.17, 15) is 0 Å². The molecule has 0 aromatic carbocycles. The van der Waals surface area contributed by atoms with E-state index in [1.165, 1.54) is 25.0 Å². The minimum Gasteiger partial charge on any atom is -0.295 e. The lowest BCUT2D eigenvalue weighted by Gasteiger charge is -2.13. The molecule has 1 rings (SSSR count). The number of nitrogens with zero attached hydrogens (tertiary/aromatic N) is 1. The van der Waals surface area contributed by atoms with Gasteiger partial charge in [0.05, 0.1) is 0 Å². The summed E-state index contributed by atoms with van der Waals surface area (Å²) in [4.78, 5) is 2.46. The molecule has 11 heavy (non-hydrogen) atoms. The quantitative estimate of drug-likeness (QED) is 0.595. The summed E-state index contributed by atoms with van der Waals surface area (Å²) in [6.07, 6.45) is 6.84. The van der Waals surface area contributed by atoms with Crippen LogP contribution in [0.4, 0.5) is 0 Å².